The average Bonchev–Trinajstić information content (AvgIpc) is 2.16. The van der Waals surface area contributed by atoms with Crippen LogP contribution in [-0.2, 0) is 9.30 Å². The van der Waals surface area contributed by atoms with Crippen LogP contribution in [0.3, 0.4) is 0 Å². The number of esters is 1. The molecule has 1 aromatic carbocycles. The van der Waals surface area contributed by atoms with E-state index in [0.29, 0.717) is 0 Å². The predicted octanol–water partition coefficient (Wildman–Crippen LogP) is 1.33. The van der Waals surface area contributed by atoms with Crippen molar-refractivity contribution in [2.45, 2.75) is 6.92 Å². The normalized spacial score (nSPS) is 10.9. The number of carbonyl (C=O) groups excluding carboxylic acids is 1. The highest BCUT2D eigenvalue weighted by molar-refractivity contribution is 7.46. The Bertz CT molecular complexity index is 424. The van der Waals surface area contributed by atoms with E-state index >= 15 is 0 Å². The van der Waals surface area contributed by atoms with Crippen molar-refractivity contribution in [3.8, 4) is 5.75 Å². The monoisotopic (exact) mass is 246 g/mol. The number of benzene rings is 1. The molecule has 0 aliphatic heterocycles. The Kier molecular flexibility index (Phi) is 4.06. The smallest absolute Gasteiger partial charge is 0.462 e. The highest BCUT2D eigenvalue weighted by Gasteiger charge is 2.21. The first-order chi connectivity index (χ1) is 7.44. The second kappa shape index (κ2) is 5.12. The van der Waals surface area contributed by atoms with Crippen LogP contribution in [0, 0.1) is 0 Å². The van der Waals surface area contributed by atoms with Gasteiger partial charge in [-0.2, -0.15) is 0 Å². The van der Waals surface area contributed by atoms with Gasteiger partial charge in [-0.1, -0.05) is 12.1 Å². The third kappa shape index (κ3) is 3.66. The zero-order valence-electron chi connectivity index (χ0n) is 8.49. The number of phosphoric ester groups is 1. The molecule has 0 heterocycles. The van der Waals surface area contributed by atoms with E-state index in [2.05, 4.69) is 4.52 Å². The van der Waals surface area contributed by atoms with Gasteiger partial charge in [0.1, 0.15) is 11.3 Å². The Morgan fingerprint density at radius 1 is 1.38 bits per heavy atom. The molecule has 0 aliphatic rings. The van der Waals surface area contributed by atoms with Crippen molar-refractivity contribution >= 4 is 13.8 Å². The molecule has 0 saturated carbocycles. The predicted molar refractivity (Wildman–Crippen MR) is 55.1 cm³/mol. The number of ether oxygens (including phenoxy) is 1. The van der Waals surface area contributed by atoms with Gasteiger partial charge in [0.05, 0.1) is 6.61 Å². The summed E-state index contributed by atoms with van der Waals surface area (Å²) in [6.07, 6.45) is 0. The SMILES string of the molecule is CCOC(=O)c1ccccc1OP(=O)(O)O. The van der Waals surface area contributed by atoms with E-state index in [4.69, 9.17) is 14.5 Å². The summed E-state index contributed by atoms with van der Waals surface area (Å²) in [6, 6.07) is 5.68. The Labute approximate surface area is 92.1 Å². The van der Waals surface area contributed by atoms with Gasteiger partial charge in [0, 0.05) is 0 Å². The molecule has 0 spiro atoms. The maximum atomic E-state index is 11.4. The van der Waals surface area contributed by atoms with Crippen LogP contribution in [-0.4, -0.2) is 22.4 Å². The van der Waals surface area contributed by atoms with E-state index in [9.17, 15) is 9.36 Å². The fraction of sp³-hybridized carbons (Fsp3) is 0.222. The van der Waals surface area contributed by atoms with Crippen molar-refractivity contribution in [2.24, 2.45) is 0 Å². The highest BCUT2D eigenvalue weighted by atomic mass is 31.2. The Morgan fingerprint density at radius 2 is 2.00 bits per heavy atom. The third-order valence-corrected chi connectivity index (χ3v) is 2.03. The molecule has 0 atom stereocenters. The van der Waals surface area contributed by atoms with Crippen LogP contribution in [0.2, 0.25) is 0 Å². The average molecular weight is 246 g/mol. The minimum Gasteiger partial charge on any atom is -0.462 e. The summed E-state index contributed by atoms with van der Waals surface area (Å²) >= 11 is 0. The summed E-state index contributed by atoms with van der Waals surface area (Å²) in [4.78, 5) is 28.7. The van der Waals surface area contributed by atoms with Crippen LogP contribution in [0.4, 0.5) is 0 Å². The number of para-hydroxylation sites is 1. The van der Waals surface area contributed by atoms with Crippen LogP contribution in [0.15, 0.2) is 24.3 Å². The van der Waals surface area contributed by atoms with Crippen molar-refractivity contribution < 1.29 is 28.4 Å². The number of hydrogen-bond donors (Lipinski definition) is 2. The van der Waals surface area contributed by atoms with Gasteiger partial charge in [-0.05, 0) is 19.1 Å². The highest BCUT2D eigenvalue weighted by Crippen LogP contribution is 2.39. The van der Waals surface area contributed by atoms with Crippen LogP contribution in [0.25, 0.3) is 0 Å². The quantitative estimate of drug-likeness (QED) is 0.615. The number of phosphoric acid groups is 1. The van der Waals surface area contributed by atoms with E-state index in [1.807, 2.05) is 0 Å². The Morgan fingerprint density at radius 3 is 2.56 bits per heavy atom. The summed E-state index contributed by atoms with van der Waals surface area (Å²) in [5.41, 5.74) is -0.0207. The number of rotatable bonds is 4. The summed E-state index contributed by atoms with van der Waals surface area (Å²) in [5, 5.41) is 0. The second-order valence-electron chi connectivity index (χ2n) is 2.80. The van der Waals surface area contributed by atoms with Crippen LogP contribution < -0.4 is 4.52 Å². The first-order valence-corrected chi connectivity index (χ1v) is 5.98. The molecule has 0 fully saturated rings. The fourth-order valence-corrected chi connectivity index (χ4v) is 1.47. The molecule has 16 heavy (non-hydrogen) atoms. The first kappa shape index (κ1) is 12.7. The zero-order chi connectivity index (χ0) is 12.2. The summed E-state index contributed by atoms with van der Waals surface area (Å²) < 4.78 is 19.7. The maximum absolute atomic E-state index is 11.4. The van der Waals surface area contributed by atoms with E-state index in [-0.39, 0.29) is 17.9 Å². The fourth-order valence-electron chi connectivity index (χ4n) is 1.05. The van der Waals surface area contributed by atoms with E-state index < -0.39 is 13.8 Å². The van der Waals surface area contributed by atoms with E-state index in [1.54, 1.807) is 13.0 Å². The standard InChI is InChI=1S/C9H11O6P/c1-2-14-9(10)7-5-3-4-6-8(7)15-16(11,12)13/h3-6H,2H2,1H3,(H2,11,12,13). The zero-order valence-corrected chi connectivity index (χ0v) is 9.39. The molecule has 2 N–H and O–H groups in total. The van der Waals surface area contributed by atoms with E-state index in [0.717, 1.165) is 0 Å². The maximum Gasteiger partial charge on any atom is 0.524 e. The molecule has 0 saturated heterocycles. The van der Waals surface area contributed by atoms with Gasteiger partial charge in [-0.25, -0.2) is 9.36 Å². The van der Waals surface area contributed by atoms with Crippen LogP contribution in [0.5, 0.6) is 5.75 Å². The van der Waals surface area contributed by atoms with Gasteiger partial charge in [-0.15, -0.1) is 0 Å². The molecule has 0 aromatic heterocycles. The van der Waals surface area contributed by atoms with Crippen molar-refractivity contribution in [2.75, 3.05) is 6.61 Å². The molecule has 0 aliphatic carbocycles. The minimum absolute atomic E-state index is 0.0207. The first-order valence-electron chi connectivity index (χ1n) is 4.45. The third-order valence-electron chi connectivity index (χ3n) is 1.60. The molecule has 1 aromatic rings. The molecule has 0 unspecified atom stereocenters. The molecular weight excluding hydrogens is 235 g/mol. The summed E-state index contributed by atoms with van der Waals surface area (Å²) in [6.45, 7) is 1.80. The molecule has 0 bridgehead atoms. The van der Waals surface area contributed by atoms with Gasteiger partial charge in [0.15, 0.2) is 0 Å². The number of hydrogen-bond acceptors (Lipinski definition) is 4. The molecule has 0 amide bonds. The molecule has 88 valence electrons. The molecule has 7 heteroatoms. The van der Waals surface area contributed by atoms with Crippen molar-refractivity contribution in [3.05, 3.63) is 29.8 Å². The second-order valence-corrected chi connectivity index (χ2v) is 3.96. The topological polar surface area (TPSA) is 93.1 Å². The molecule has 0 radical (unpaired) electrons. The molecular formula is C9H11O6P. The van der Waals surface area contributed by atoms with Gasteiger partial charge >= 0.3 is 13.8 Å². The summed E-state index contributed by atoms with van der Waals surface area (Å²) in [7, 11) is -4.68. The lowest BCUT2D eigenvalue weighted by molar-refractivity contribution is 0.0524. The van der Waals surface area contributed by atoms with Gasteiger partial charge in [-0.3, -0.25) is 9.79 Å². The van der Waals surface area contributed by atoms with Crippen molar-refractivity contribution in [1.82, 2.24) is 0 Å². The largest absolute Gasteiger partial charge is 0.524 e. The van der Waals surface area contributed by atoms with Crippen molar-refractivity contribution in [3.63, 3.8) is 0 Å². The summed E-state index contributed by atoms with van der Waals surface area (Å²) in [5.74, 6) is -0.888. The number of carbonyl (C=O) groups is 1. The molecule has 1 rings (SSSR count). The Balaban J connectivity index is 3.01. The lowest BCUT2D eigenvalue weighted by atomic mass is 10.2. The lowest BCUT2D eigenvalue weighted by Crippen LogP contribution is -2.06. The molecule has 6 nitrogen and oxygen atoms in total. The van der Waals surface area contributed by atoms with Gasteiger partial charge in [0.2, 0.25) is 0 Å². The van der Waals surface area contributed by atoms with Gasteiger partial charge in [0.25, 0.3) is 0 Å². The minimum atomic E-state index is -4.68. The Hall–Kier alpha value is -1.36. The van der Waals surface area contributed by atoms with Crippen LogP contribution >= 0.6 is 7.82 Å². The van der Waals surface area contributed by atoms with Crippen LogP contribution in [0.1, 0.15) is 17.3 Å². The van der Waals surface area contributed by atoms with E-state index in [1.165, 1.54) is 18.2 Å². The lowest BCUT2D eigenvalue weighted by Gasteiger charge is -2.10. The van der Waals surface area contributed by atoms with Crippen molar-refractivity contribution in [1.29, 1.82) is 0 Å². The van der Waals surface area contributed by atoms with Gasteiger partial charge < -0.3 is 9.26 Å².